The Hall–Kier alpha value is -1.45. The lowest BCUT2D eigenvalue weighted by Crippen LogP contribution is -2.41. The van der Waals surface area contributed by atoms with Crippen LogP contribution in [-0.2, 0) is 15.6 Å². The number of benzene rings is 2. The number of rotatable bonds is 6. The van der Waals surface area contributed by atoms with Gasteiger partial charge >= 0.3 is 0 Å². The molecule has 2 aromatic rings. The quantitative estimate of drug-likeness (QED) is 0.571. The fraction of sp³-hybridized carbons (Fsp3) is 0.450. The third kappa shape index (κ3) is 4.76. The van der Waals surface area contributed by atoms with Gasteiger partial charge in [-0.1, -0.05) is 63.2 Å². The van der Waals surface area contributed by atoms with Gasteiger partial charge in [-0.3, -0.25) is 0 Å². The molecule has 2 unspecified atom stereocenters. The molecule has 0 aromatic heterocycles. The topological polar surface area (TPSA) is 26.3 Å². The maximum atomic E-state index is 11.8. The molecule has 0 saturated heterocycles. The molecule has 0 heterocycles. The standard InChI is InChI=1S/C20H28O2Si/c1-20(2,3)19(22-23(4)5)18(14-21)13-15-10-11-16-8-6-7-9-17(16)12-15/h6-12,14,18-19,23H,13H2,1-5H3. The van der Waals surface area contributed by atoms with Crippen LogP contribution in [-0.4, -0.2) is 21.4 Å². The lowest BCUT2D eigenvalue weighted by molar-refractivity contribution is -0.116. The maximum absolute atomic E-state index is 11.8. The van der Waals surface area contributed by atoms with Crippen molar-refractivity contribution in [2.24, 2.45) is 11.3 Å². The zero-order valence-corrected chi connectivity index (χ0v) is 16.0. The molecule has 2 aromatic carbocycles. The van der Waals surface area contributed by atoms with Gasteiger partial charge in [0.05, 0.1) is 6.10 Å². The Kier molecular flexibility index (Phi) is 5.77. The molecule has 0 bridgehead atoms. The second-order valence-corrected chi connectivity index (χ2v) is 10.0. The zero-order valence-electron chi connectivity index (χ0n) is 14.9. The maximum Gasteiger partial charge on any atom is 0.171 e. The van der Waals surface area contributed by atoms with Gasteiger partial charge in [-0.2, -0.15) is 0 Å². The summed E-state index contributed by atoms with van der Waals surface area (Å²) in [6, 6.07) is 14.8. The van der Waals surface area contributed by atoms with Crippen LogP contribution in [0.1, 0.15) is 26.3 Å². The molecule has 2 nitrogen and oxygen atoms in total. The monoisotopic (exact) mass is 328 g/mol. The highest BCUT2D eigenvalue weighted by atomic mass is 28.3. The first-order chi connectivity index (χ1) is 10.8. The van der Waals surface area contributed by atoms with E-state index in [-0.39, 0.29) is 17.4 Å². The van der Waals surface area contributed by atoms with Crippen LogP contribution >= 0.6 is 0 Å². The average Bonchev–Trinajstić information content (AvgIpc) is 2.49. The molecule has 0 amide bonds. The lowest BCUT2D eigenvalue weighted by Gasteiger charge is -2.36. The third-order valence-corrected chi connectivity index (χ3v) is 4.96. The highest BCUT2D eigenvalue weighted by molar-refractivity contribution is 6.48. The van der Waals surface area contributed by atoms with Crippen LogP contribution in [0.3, 0.4) is 0 Å². The van der Waals surface area contributed by atoms with Crippen LogP contribution < -0.4 is 0 Å². The van der Waals surface area contributed by atoms with E-state index in [0.29, 0.717) is 0 Å². The van der Waals surface area contributed by atoms with Gasteiger partial charge in [-0.25, -0.2) is 0 Å². The zero-order chi connectivity index (χ0) is 17.0. The average molecular weight is 329 g/mol. The van der Waals surface area contributed by atoms with Crippen LogP contribution in [0.15, 0.2) is 42.5 Å². The van der Waals surface area contributed by atoms with Gasteiger partial charge in [-0.05, 0) is 41.3 Å². The molecule has 0 fully saturated rings. The molecule has 23 heavy (non-hydrogen) atoms. The van der Waals surface area contributed by atoms with Crippen molar-refractivity contribution in [3.05, 3.63) is 48.0 Å². The summed E-state index contributed by atoms with van der Waals surface area (Å²) in [5.74, 6) is -0.105. The molecule has 0 aliphatic rings. The van der Waals surface area contributed by atoms with Crippen molar-refractivity contribution in [2.45, 2.75) is 46.4 Å². The van der Waals surface area contributed by atoms with Gasteiger partial charge in [-0.15, -0.1) is 0 Å². The molecule has 2 rings (SSSR count). The molecule has 0 N–H and O–H groups in total. The number of hydrogen-bond acceptors (Lipinski definition) is 2. The highest BCUT2D eigenvalue weighted by Crippen LogP contribution is 2.30. The summed E-state index contributed by atoms with van der Waals surface area (Å²) in [5.41, 5.74) is 1.16. The molecular formula is C20H28O2Si. The summed E-state index contributed by atoms with van der Waals surface area (Å²) in [6.45, 7) is 10.8. The Labute approximate surface area is 141 Å². The van der Waals surface area contributed by atoms with E-state index >= 15 is 0 Å². The van der Waals surface area contributed by atoms with Crippen LogP contribution in [0, 0.1) is 11.3 Å². The fourth-order valence-corrected chi connectivity index (χ4v) is 4.30. The molecular weight excluding hydrogens is 300 g/mol. The first-order valence-corrected chi connectivity index (χ1v) is 11.2. The van der Waals surface area contributed by atoms with Crippen molar-refractivity contribution in [1.29, 1.82) is 0 Å². The molecule has 3 heteroatoms. The van der Waals surface area contributed by atoms with Gasteiger partial charge in [0.1, 0.15) is 6.29 Å². The van der Waals surface area contributed by atoms with Gasteiger partial charge < -0.3 is 9.22 Å². The summed E-state index contributed by atoms with van der Waals surface area (Å²) in [4.78, 5) is 11.8. The second-order valence-electron chi connectivity index (χ2n) is 7.66. The van der Waals surface area contributed by atoms with E-state index in [9.17, 15) is 4.79 Å². The van der Waals surface area contributed by atoms with Crippen molar-refractivity contribution in [3.8, 4) is 0 Å². The molecule has 0 radical (unpaired) electrons. The first kappa shape index (κ1) is 17.9. The van der Waals surface area contributed by atoms with E-state index in [1.807, 2.05) is 6.07 Å². The Bertz CT molecular complexity index is 658. The summed E-state index contributed by atoms with van der Waals surface area (Å²) < 4.78 is 6.24. The molecule has 0 aliphatic heterocycles. The summed E-state index contributed by atoms with van der Waals surface area (Å²) >= 11 is 0. The molecule has 2 atom stereocenters. The smallest absolute Gasteiger partial charge is 0.171 e. The van der Waals surface area contributed by atoms with E-state index in [0.717, 1.165) is 12.7 Å². The van der Waals surface area contributed by atoms with Crippen molar-refractivity contribution in [1.82, 2.24) is 0 Å². The minimum Gasteiger partial charge on any atom is -0.416 e. The van der Waals surface area contributed by atoms with E-state index in [1.165, 1.54) is 16.3 Å². The van der Waals surface area contributed by atoms with E-state index in [4.69, 9.17) is 4.43 Å². The van der Waals surface area contributed by atoms with Crippen LogP contribution in [0.25, 0.3) is 10.8 Å². The lowest BCUT2D eigenvalue weighted by atomic mass is 9.79. The van der Waals surface area contributed by atoms with E-state index in [2.05, 4.69) is 70.3 Å². The number of fused-ring (bicyclic) bond motifs is 1. The Balaban J connectivity index is 2.26. The van der Waals surface area contributed by atoms with E-state index < -0.39 is 9.04 Å². The van der Waals surface area contributed by atoms with Crippen molar-refractivity contribution < 1.29 is 9.22 Å². The molecule has 0 saturated carbocycles. The van der Waals surface area contributed by atoms with Gasteiger partial charge in [0, 0.05) is 5.92 Å². The molecule has 124 valence electrons. The highest BCUT2D eigenvalue weighted by Gasteiger charge is 2.33. The van der Waals surface area contributed by atoms with Gasteiger partial charge in [0.25, 0.3) is 0 Å². The number of hydrogen-bond donors (Lipinski definition) is 0. The third-order valence-electron chi connectivity index (χ3n) is 4.12. The predicted octanol–water partition coefficient (Wildman–Crippen LogP) is 4.61. The fourth-order valence-electron chi connectivity index (χ4n) is 3.10. The van der Waals surface area contributed by atoms with E-state index in [1.54, 1.807) is 0 Å². The molecule has 0 spiro atoms. The second kappa shape index (κ2) is 7.41. The Morgan fingerprint density at radius 2 is 1.74 bits per heavy atom. The Morgan fingerprint density at radius 1 is 1.09 bits per heavy atom. The van der Waals surface area contributed by atoms with Gasteiger partial charge in [0.2, 0.25) is 0 Å². The van der Waals surface area contributed by atoms with Crippen molar-refractivity contribution in [3.63, 3.8) is 0 Å². The summed E-state index contributed by atoms with van der Waals surface area (Å²) in [7, 11) is -1.21. The summed E-state index contributed by atoms with van der Waals surface area (Å²) in [5, 5.41) is 2.46. The minimum atomic E-state index is -1.21. The number of carbonyl (C=O) groups is 1. The number of aldehydes is 1. The van der Waals surface area contributed by atoms with Crippen LogP contribution in [0.4, 0.5) is 0 Å². The summed E-state index contributed by atoms with van der Waals surface area (Å²) in [6.07, 6.45) is 1.79. The largest absolute Gasteiger partial charge is 0.416 e. The minimum absolute atomic E-state index is 0.0295. The number of carbonyl (C=O) groups excluding carboxylic acids is 1. The van der Waals surface area contributed by atoms with Crippen molar-refractivity contribution >= 4 is 26.1 Å². The molecule has 0 aliphatic carbocycles. The normalized spacial score (nSPS) is 14.9. The first-order valence-electron chi connectivity index (χ1n) is 8.39. The van der Waals surface area contributed by atoms with Crippen LogP contribution in [0.2, 0.25) is 13.1 Å². The SMILES string of the molecule is C[SiH](C)OC(C(C=O)Cc1ccc2ccccc2c1)C(C)(C)C. The predicted molar refractivity (Wildman–Crippen MR) is 100 cm³/mol. The van der Waals surface area contributed by atoms with Gasteiger partial charge in [0.15, 0.2) is 9.04 Å². The van der Waals surface area contributed by atoms with Crippen LogP contribution in [0.5, 0.6) is 0 Å². The Morgan fingerprint density at radius 3 is 2.30 bits per heavy atom. The van der Waals surface area contributed by atoms with Crippen molar-refractivity contribution in [2.75, 3.05) is 0 Å².